The summed E-state index contributed by atoms with van der Waals surface area (Å²) in [5.41, 5.74) is -1.57. The number of aromatic hydroxyl groups is 1. The molecular weight excluding hydrogens is 908 g/mol. The molecule has 5 aromatic rings. The van der Waals surface area contributed by atoms with Gasteiger partial charge in [0.25, 0.3) is 0 Å². The summed E-state index contributed by atoms with van der Waals surface area (Å²) in [6.07, 6.45) is -23.8. The number of esters is 1. The Morgan fingerprint density at radius 1 is 0.662 bits per heavy atom. The molecule has 8 rings (SSSR count). The SMILES string of the molecule is COc1cc(C=CC(=O)OCC2OC(OCC3OC(Oc4cccc5c4oc(=O)c4c(=O)c6ccccc6oc45)C(OC4OC(C)C(O)C(O)C4O)C(O)C3O)C(O)C(O)C2O)cc(OC)c1O. The third-order valence-electron chi connectivity index (χ3n) is 11.8. The van der Waals surface area contributed by atoms with Crippen molar-refractivity contribution in [2.75, 3.05) is 27.4 Å². The van der Waals surface area contributed by atoms with E-state index in [1.165, 1.54) is 69.7 Å². The molecule has 5 heterocycles. The lowest BCUT2D eigenvalue weighted by molar-refractivity contribution is -0.360. The average molecular weight is 957 g/mol. The van der Waals surface area contributed by atoms with Crippen LogP contribution in [-0.4, -0.2) is 171 Å². The number of ether oxygens (including phenoxy) is 9. The number of phenols is 1. The van der Waals surface area contributed by atoms with E-state index in [0.29, 0.717) is 5.56 Å². The number of hydrogen-bond acceptors (Lipinski definition) is 23. The fourth-order valence-electron chi connectivity index (χ4n) is 8.01. The van der Waals surface area contributed by atoms with Gasteiger partial charge in [-0.05, 0) is 55.0 Å². The van der Waals surface area contributed by atoms with Gasteiger partial charge in [-0.3, -0.25) is 4.79 Å². The number of aliphatic hydroxyl groups is 8. The van der Waals surface area contributed by atoms with Crippen LogP contribution in [0.1, 0.15) is 12.5 Å². The van der Waals surface area contributed by atoms with Crippen molar-refractivity contribution in [3.8, 4) is 23.0 Å². The molecule has 68 heavy (non-hydrogen) atoms. The lowest BCUT2D eigenvalue weighted by Gasteiger charge is -2.46. The second-order valence-electron chi connectivity index (χ2n) is 16.2. The van der Waals surface area contributed by atoms with Gasteiger partial charge in [0.1, 0.15) is 73.2 Å². The van der Waals surface area contributed by atoms with E-state index >= 15 is 0 Å². The van der Waals surface area contributed by atoms with E-state index in [1.54, 1.807) is 12.1 Å². The molecule has 0 bridgehead atoms. The average Bonchev–Trinajstić information content (AvgIpc) is 3.33. The third kappa shape index (κ3) is 9.36. The molecular formula is C45H48O23. The van der Waals surface area contributed by atoms with Crippen LogP contribution in [0.3, 0.4) is 0 Å². The summed E-state index contributed by atoms with van der Waals surface area (Å²) in [7, 11) is 2.64. The number of carbonyl (C=O) groups excluding carboxylic acids is 1. The molecule has 3 fully saturated rings. The number of methoxy groups -OCH3 is 2. The van der Waals surface area contributed by atoms with E-state index < -0.39 is 122 Å². The molecule has 0 aliphatic carbocycles. The molecule has 15 atom stereocenters. The van der Waals surface area contributed by atoms with Gasteiger partial charge in [-0.25, -0.2) is 9.59 Å². The molecule has 23 heteroatoms. The third-order valence-corrected chi connectivity index (χ3v) is 11.8. The Hall–Kier alpha value is -5.77. The van der Waals surface area contributed by atoms with Gasteiger partial charge >= 0.3 is 11.6 Å². The number of aliphatic hydroxyl groups excluding tert-OH is 8. The summed E-state index contributed by atoms with van der Waals surface area (Å²) < 4.78 is 62.2. The molecule has 0 radical (unpaired) electrons. The standard InChI is InChI=1S/C45H48O23/c1-17-29(47)34(52)38(56)44(62-17)68-41-36(54)33(51)26(66-45(41)64-22-10-6-8-20-39(22)67-42(57)28-30(48)19-7-4-5-9-21(19)63-40(20)28)16-61-43-37(55)35(53)32(50)25(65-43)15-60-27(46)12-11-18-13-23(58-2)31(49)24(14-18)59-3/h4-14,17,25-26,29,32-38,41,43-45,47,49-56H,15-16H2,1-3H3. The summed E-state index contributed by atoms with van der Waals surface area (Å²) in [5, 5.41) is 96.9. The zero-order valence-corrected chi connectivity index (χ0v) is 36.2. The zero-order valence-electron chi connectivity index (χ0n) is 36.2. The highest BCUT2D eigenvalue weighted by Gasteiger charge is 2.52. The van der Waals surface area contributed by atoms with Crippen molar-refractivity contribution in [3.63, 3.8) is 0 Å². The van der Waals surface area contributed by atoms with Gasteiger partial charge in [-0.15, -0.1) is 0 Å². The highest BCUT2D eigenvalue weighted by molar-refractivity contribution is 6.05. The largest absolute Gasteiger partial charge is 0.502 e. The van der Waals surface area contributed by atoms with Crippen molar-refractivity contribution in [3.05, 3.63) is 86.9 Å². The molecule has 3 aromatic carbocycles. The second kappa shape index (κ2) is 20.1. The Morgan fingerprint density at radius 2 is 1.29 bits per heavy atom. The van der Waals surface area contributed by atoms with Crippen LogP contribution >= 0.6 is 0 Å². The molecule has 0 amide bonds. The van der Waals surface area contributed by atoms with Crippen molar-refractivity contribution < 1.29 is 102 Å². The first-order valence-electron chi connectivity index (χ1n) is 21.1. The van der Waals surface area contributed by atoms with Crippen LogP contribution in [0.5, 0.6) is 23.0 Å². The second-order valence-corrected chi connectivity index (χ2v) is 16.2. The van der Waals surface area contributed by atoms with Crippen molar-refractivity contribution in [2.24, 2.45) is 0 Å². The van der Waals surface area contributed by atoms with Gasteiger partial charge in [-0.1, -0.05) is 18.2 Å². The fraction of sp³-hybridized carbons (Fsp3) is 0.444. The van der Waals surface area contributed by atoms with Gasteiger partial charge in [0.15, 0.2) is 52.5 Å². The number of carbonyl (C=O) groups is 1. The molecule has 3 aliphatic heterocycles. The van der Waals surface area contributed by atoms with E-state index in [4.69, 9.17) is 51.5 Å². The Kier molecular flexibility index (Phi) is 14.4. The first-order chi connectivity index (χ1) is 32.5. The van der Waals surface area contributed by atoms with Crippen LogP contribution in [0.25, 0.3) is 39.0 Å². The molecule has 0 saturated carbocycles. The summed E-state index contributed by atoms with van der Waals surface area (Å²) in [4.78, 5) is 39.5. The van der Waals surface area contributed by atoms with Crippen LogP contribution in [0.2, 0.25) is 0 Å². The smallest absolute Gasteiger partial charge is 0.351 e. The Morgan fingerprint density at radius 3 is 2.01 bits per heavy atom. The molecule has 366 valence electrons. The molecule has 0 spiro atoms. The van der Waals surface area contributed by atoms with Gasteiger partial charge in [0, 0.05) is 6.08 Å². The van der Waals surface area contributed by atoms with Gasteiger partial charge in [-0.2, -0.15) is 0 Å². The van der Waals surface area contributed by atoms with Crippen molar-refractivity contribution in [2.45, 2.75) is 99.0 Å². The molecule has 3 aliphatic rings. The van der Waals surface area contributed by atoms with E-state index in [1.807, 2.05) is 0 Å². The minimum Gasteiger partial charge on any atom is -0.502 e. The molecule has 9 N–H and O–H groups in total. The van der Waals surface area contributed by atoms with Crippen molar-refractivity contribution >= 4 is 45.0 Å². The molecule has 3 saturated heterocycles. The number of benzene rings is 3. The number of phenolic OH excluding ortho intramolecular Hbond substituents is 1. The number of fused-ring (bicyclic) bond motifs is 4. The van der Waals surface area contributed by atoms with Crippen LogP contribution in [0.4, 0.5) is 0 Å². The molecule has 23 nitrogen and oxygen atoms in total. The topological polar surface area (TPSA) is 343 Å². The highest BCUT2D eigenvalue weighted by Crippen LogP contribution is 2.38. The van der Waals surface area contributed by atoms with Crippen LogP contribution in [0, 0.1) is 0 Å². The normalized spacial score (nSPS) is 32.1. The van der Waals surface area contributed by atoms with Crippen LogP contribution in [-0.2, 0) is 33.2 Å². The maximum atomic E-state index is 13.4. The maximum Gasteiger partial charge on any atom is 0.351 e. The number of rotatable bonds is 13. The van der Waals surface area contributed by atoms with E-state index in [9.17, 15) is 60.3 Å². The number of hydrogen-bond donors (Lipinski definition) is 9. The zero-order chi connectivity index (χ0) is 48.7. The summed E-state index contributed by atoms with van der Waals surface area (Å²) in [5.74, 6) is -1.30. The van der Waals surface area contributed by atoms with Gasteiger partial charge in [0.05, 0.1) is 37.7 Å². The van der Waals surface area contributed by atoms with E-state index in [0.717, 1.165) is 6.08 Å². The Bertz CT molecular complexity index is 2750. The predicted octanol–water partition coefficient (Wildman–Crippen LogP) is -1.11. The van der Waals surface area contributed by atoms with E-state index in [2.05, 4.69) is 0 Å². The fourth-order valence-corrected chi connectivity index (χ4v) is 8.01. The monoisotopic (exact) mass is 956 g/mol. The Labute approximate surface area is 382 Å². The quantitative estimate of drug-likeness (QED) is 0.0222. The molecule has 15 unspecified atom stereocenters. The van der Waals surface area contributed by atoms with E-state index in [-0.39, 0.29) is 55.9 Å². The minimum atomic E-state index is -2.00. The minimum absolute atomic E-state index is 0.0668. The first-order valence-corrected chi connectivity index (χ1v) is 21.1. The van der Waals surface area contributed by atoms with Crippen LogP contribution in [0.15, 0.2) is 79.1 Å². The first kappa shape index (κ1) is 48.7. The lowest BCUT2D eigenvalue weighted by Crippen LogP contribution is -2.65. The predicted molar refractivity (Wildman–Crippen MR) is 228 cm³/mol. The summed E-state index contributed by atoms with van der Waals surface area (Å²) >= 11 is 0. The molecule has 2 aromatic heterocycles. The summed E-state index contributed by atoms with van der Waals surface area (Å²) in [6, 6.07) is 13.4. The van der Waals surface area contributed by atoms with Crippen molar-refractivity contribution in [1.29, 1.82) is 0 Å². The van der Waals surface area contributed by atoms with Gasteiger partial charge in [0.2, 0.25) is 17.5 Å². The maximum absolute atomic E-state index is 13.4. The van der Waals surface area contributed by atoms with Crippen molar-refractivity contribution in [1.82, 2.24) is 0 Å². The van der Waals surface area contributed by atoms with Crippen LogP contribution < -0.4 is 25.3 Å². The highest BCUT2D eigenvalue weighted by atomic mass is 16.8. The number of para-hydroxylation sites is 2. The van der Waals surface area contributed by atoms with Gasteiger partial charge < -0.3 is 97.4 Å². The lowest BCUT2D eigenvalue weighted by atomic mass is 9.97. The summed E-state index contributed by atoms with van der Waals surface area (Å²) in [6.45, 7) is -0.0349. The Balaban J connectivity index is 1.02.